The number of nitrogens with zero attached hydrogens (tertiary/aromatic N) is 2. The predicted octanol–water partition coefficient (Wildman–Crippen LogP) is 3.53. The molecule has 2 bridgehead atoms. The van der Waals surface area contributed by atoms with E-state index in [4.69, 9.17) is 0 Å². The van der Waals surface area contributed by atoms with Crippen molar-refractivity contribution in [2.24, 2.45) is 10.8 Å². The van der Waals surface area contributed by atoms with Crippen LogP contribution in [0, 0.1) is 17.8 Å². The Labute approximate surface area is 150 Å². The highest BCUT2D eigenvalue weighted by molar-refractivity contribution is 6.22. The van der Waals surface area contributed by atoms with Crippen LogP contribution in [-0.2, 0) is 9.59 Å². The van der Waals surface area contributed by atoms with Crippen molar-refractivity contribution in [3.63, 3.8) is 0 Å². The molecule has 3 fully saturated rings. The molecule has 2 saturated heterocycles. The zero-order valence-electron chi connectivity index (χ0n) is 15.7. The highest BCUT2D eigenvalue weighted by Crippen LogP contribution is 2.53. The third-order valence-corrected chi connectivity index (χ3v) is 6.27. The van der Waals surface area contributed by atoms with Gasteiger partial charge in [0.05, 0.1) is 18.2 Å². The van der Waals surface area contributed by atoms with Gasteiger partial charge in [-0.3, -0.25) is 14.5 Å². The molecule has 25 heavy (non-hydrogen) atoms. The molecule has 4 heteroatoms. The number of amides is 2. The fourth-order valence-electron chi connectivity index (χ4n) is 5.71. The third-order valence-electron chi connectivity index (χ3n) is 6.27. The van der Waals surface area contributed by atoms with Crippen LogP contribution in [0.1, 0.15) is 52.0 Å². The minimum absolute atomic E-state index is 0.0391. The summed E-state index contributed by atoms with van der Waals surface area (Å²) in [5.74, 6) is -0.104. The molecule has 2 heterocycles. The first-order chi connectivity index (χ1) is 11.7. The summed E-state index contributed by atoms with van der Waals surface area (Å²) in [5, 5.41) is 0. The number of carbonyl (C=O) groups excluding carboxylic acids is 2. The van der Waals surface area contributed by atoms with Gasteiger partial charge in [-0.05, 0) is 49.1 Å². The Bertz CT molecular complexity index is 724. The lowest BCUT2D eigenvalue weighted by atomic mass is 9.65. The number of anilines is 1. The molecule has 0 unspecified atom stereocenters. The standard InChI is InChI=1S/C21H28N2O2/c1-14-5-7-15(8-6-14)23-18(24)9-17(19(23)25)22-13-21(4)11-16(22)10-20(2,3)12-21/h5-8,16-17H,9-13H2,1-4H3/t16-,17-,21+/m1/s1. The normalized spacial score (nSPS) is 34.8. The predicted molar refractivity (Wildman–Crippen MR) is 98.3 cm³/mol. The Balaban J connectivity index is 1.59. The zero-order chi connectivity index (χ0) is 18.0. The van der Waals surface area contributed by atoms with E-state index < -0.39 is 0 Å². The maximum atomic E-state index is 13.1. The Hall–Kier alpha value is -1.68. The van der Waals surface area contributed by atoms with Crippen molar-refractivity contribution >= 4 is 17.5 Å². The monoisotopic (exact) mass is 340 g/mol. The summed E-state index contributed by atoms with van der Waals surface area (Å²) in [5.41, 5.74) is 2.42. The maximum Gasteiger partial charge on any atom is 0.251 e. The molecule has 1 aromatic rings. The molecule has 0 radical (unpaired) electrons. The van der Waals surface area contributed by atoms with E-state index in [9.17, 15) is 9.59 Å². The van der Waals surface area contributed by atoms with Crippen molar-refractivity contribution in [2.45, 2.75) is 65.5 Å². The summed E-state index contributed by atoms with van der Waals surface area (Å²) >= 11 is 0. The first-order valence-electron chi connectivity index (χ1n) is 9.37. The fraction of sp³-hybridized carbons (Fsp3) is 0.619. The van der Waals surface area contributed by atoms with E-state index in [2.05, 4.69) is 25.7 Å². The number of rotatable bonds is 2. The molecule has 3 atom stereocenters. The van der Waals surface area contributed by atoms with Gasteiger partial charge in [-0.2, -0.15) is 0 Å². The van der Waals surface area contributed by atoms with Gasteiger partial charge in [0, 0.05) is 12.6 Å². The van der Waals surface area contributed by atoms with E-state index in [1.165, 1.54) is 11.3 Å². The van der Waals surface area contributed by atoms with Gasteiger partial charge in [0.1, 0.15) is 0 Å². The summed E-state index contributed by atoms with van der Waals surface area (Å²) in [6, 6.07) is 7.80. The Morgan fingerprint density at radius 2 is 1.72 bits per heavy atom. The molecule has 4 rings (SSSR count). The second-order valence-electron chi connectivity index (χ2n) is 9.51. The zero-order valence-corrected chi connectivity index (χ0v) is 15.7. The SMILES string of the molecule is Cc1ccc(N2C(=O)C[C@@H](N3C[C@@]4(C)C[C@H]3CC(C)(C)C4)C2=O)cc1. The van der Waals surface area contributed by atoms with Gasteiger partial charge in [0.25, 0.3) is 5.91 Å². The number of likely N-dealkylation sites (tertiary alicyclic amines) is 1. The van der Waals surface area contributed by atoms with Crippen molar-refractivity contribution in [3.05, 3.63) is 29.8 Å². The van der Waals surface area contributed by atoms with E-state index in [-0.39, 0.29) is 23.3 Å². The van der Waals surface area contributed by atoms with Crippen LogP contribution in [0.3, 0.4) is 0 Å². The number of carbonyl (C=O) groups is 2. The summed E-state index contributed by atoms with van der Waals surface area (Å²) in [6.07, 6.45) is 3.78. The lowest BCUT2D eigenvalue weighted by Gasteiger charge is -2.40. The van der Waals surface area contributed by atoms with Gasteiger partial charge in [-0.15, -0.1) is 0 Å². The Morgan fingerprint density at radius 1 is 1.04 bits per heavy atom. The lowest BCUT2D eigenvalue weighted by Crippen LogP contribution is -2.45. The van der Waals surface area contributed by atoms with Crippen molar-refractivity contribution in [3.8, 4) is 0 Å². The molecule has 2 aliphatic heterocycles. The van der Waals surface area contributed by atoms with Gasteiger partial charge in [-0.1, -0.05) is 38.5 Å². The van der Waals surface area contributed by atoms with Crippen molar-refractivity contribution in [1.82, 2.24) is 4.90 Å². The quantitative estimate of drug-likeness (QED) is 0.773. The minimum Gasteiger partial charge on any atom is -0.288 e. The van der Waals surface area contributed by atoms with Gasteiger partial charge < -0.3 is 0 Å². The van der Waals surface area contributed by atoms with E-state index >= 15 is 0 Å². The van der Waals surface area contributed by atoms with Crippen LogP contribution >= 0.6 is 0 Å². The number of aryl methyl sites for hydroxylation is 1. The molecular formula is C21H28N2O2. The molecule has 0 spiro atoms. The second-order valence-corrected chi connectivity index (χ2v) is 9.51. The van der Waals surface area contributed by atoms with Crippen LogP contribution in [0.2, 0.25) is 0 Å². The lowest BCUT2D eigenvalue weighted by molar-refractivity contribution is -0.123. The van der Waals surface area contributed by atoms with E-state index in [0.717, 1.165) is 24.9 Å². The number of imide groups is 1. The maximum absolute atomic E-state index is 13.1. The topological polar surface area (TPSA) is 40.6 Å². The van der Waals surface area contributed by atoms with E-state index in [0.29, 0.717) is 23.6 Å². The second kappa shape index (κ2) is 5.41. The van der Waals surface area contributed by atoms with Gasteiger partial charge in [0.15, 0.2) is 0 Å². The first-order valence-corrected chi connectivity index (χ1v) is 9.37. The summed E-state index contributed by atoms with van der Waals surface area (Å²) in [6.45, 7) is 9.96. The summed E-state index contributed by atoms with van der Waals surface area (Å²) in [4.78, 5) is 29.5. The molecular weight excluding hydrogens is 312 g/mol. The van der Waals surface area contributed by atoms with E-state index in [1.54, 1.807) is 0 Å². The molecule has 3 aliphatic rings. The first kappa shape index (κ1) is 16.8. The number of fused-ring (bicyclic) bond motifs is 2. The van der Waals surface area contributed by atoms with Crippen molar-refractivity contribution in [1.29, 1.82) is 0 Å². The highest BCUT2D eigenvalue weighted by Gasteiger charge is 2.54. The van der Waals surface area contributed by atoms with Crippen molar-refractivity contribution < 1.29 is 9.59 Å². The molecule has 1 aromatic carbocycles. The Kier molecular flexibility index (Phi) is 3.63. The van der Waals surface area contributed by atoms with E-state index in [1.807, 2.05) is 31.2 Å². The van der Waals surface area contributed by atoms with Crippen molar-refractivity contribution in [2.75, 3.05) is 11.4 Å². The molecule has 0 N–H and O–H groups in total. The third kappa shape index (κ3) is 2.80. The van der Waals surface area contributed by atoms with Gasteiger partial charge in [0.2, 0.25) is 5.91 Å². The van der Waals surface area contributed by atoms with Crippen LogP contribution in [0.25, 0.3) is 0 Å². The number of hydrogen-bond donors (Lipinski definition) is 0. The van der Waals surface area contributed by atoms with Gasteiger partial charge in [-0.25, -0.2) is 4.90 Å². The minimum atomic E-state index is -0.283. The number of hydrogen-bond acceptors (Lipinski definition) is 3. The molecule has 4 nitrogen and oxygen atoms in total. The average Bonchev–Trinajstić information content (AvgIpc) is 2.92. The molecule has 0 aromatic heterocycles. The highest BCUT2D eigenvalue weighted by atomic mass is 16.2. The fourth-order valence-corrected chi connectivity index (χ4v) is 5.71. The Morgan fingerprint density at radius 3 is 2.40 bits per heavy atom. The average molecular weight is 340 g/mol. The molecule has 2 amide bonds. The largest absolute Gasteiger partial charge is 0.288 e. The van der Waals surface area contributed by atoms with Gasteiger partial charge >= 0.3 is 0 Å². The van der Waals surface area contributed by atoms with Crippen LogP contribution < -0.4 is 4.90 Å². The summed E-state index contributed by atoms with van der Waals surface area (Å²) in [7, 11) is 0. The van der Waals surface area contributed by atoms with Crippen LogP contribution in [0.4, 0.5) is 5.69 Å². The molecule has 134 valence electrons. The van der Waals surface area contributed by atoms with Crippen LogP contribution in [0.15, 0.2) is 24.3 Å². The summed E-state index contributed by atoms with van der Waals surface area (Å²) < 4.78 is 0. The van der Waals surface area contributed by atoms with Crippen LogP contribution in [0.5, 0.6) is 0 Å². The molecule has 1 saturated carbocycles. The smallest absolute Gasteiger partial charge is 0.251 e. The molecule has 1 aliphatic carbocycles. The van der Waals surface area contributed by atoms with Crippen LogP contribution in [-0.4, -0.2) is 35.3 Å². The number of benzene rings is 1.